The molecule has 0 radical (unpaired) electrons. The maximum absolute atomic E-state index is 3.69. The molecule has 0 amide bonds. The maximum Gasteiger partial charge on any atom is 0.0107 e. The first-order chi connectivity index (χ1) is 6.81. The first-order valence-electron chi connectivity index (χ1n) is 6.27. The Morgan fingerprint density at radius 2 is 1.79 bits per heavy atom. The van der Waals surface area contributed by atoms with E-state index in [-0.39, 0.29) is 0 Å². The van der Waals surface area contributed by atoms with Crippen molar-refractivity contribution in [3.05, 3.63) is 11.6 Å². The Morgan fingerprint density at radius 3 is 2.29 bits per heavy atom. The SMILES string of the molecule is CCC(C=C1CC2CCC(C1)N2)CC. The van der Waals surface area contributed by atoms with Gasteiger partial charge < -0.3 is 5.32 Å². The van der Waals surface area contributed by atoms with E-state index < -0.39 is 0 Å². The summed E-state index contributed by atoms with van der Waals surface area (Å²) in [7, 11) is 0. The molecule has 0 saturated carbocycles. The van der Waals surface area contributed by atoms with E-state index in [1.807, 2.05) is 0 Å². The highest BCUT2D eigenvalue weighted by atomic mass is 15.0. The van der Waals surface area contributed by atoms with E-state index in [0.717, 1.165) is 18.0 Å². The fraction of sp³-hybridized carbons (Fsp3) is 0.846. The zero-order valence-electron chi connectivity index (χ0n) is 9.55. The van der Waals surface area contributed by atoms with Gasteiger partial charge in [0.15, 0.2) is 0 Å². The van der Waals surface area contributed by atoms with Crippen LogP contribution in [0.4, 0.5) is 0 Å². The fourth-order valence-corrected chi connectivity index (χ4v) is 2.93. The molecule has 2 fully saturated rings. The quantitative estimate of drug-likeness (QED) is 0.678. The van der Waals surface area contributed by atoms with Crippen LogP contribution in [0.25, 0.3) is 0 Å². The van der Waals surface area contributed by atoms with Gasteiger partial charge in [0.2, 0.25) is 0 Å². The first-order valence-corrected chi connectivity index (χ1v) is 6.27. The Labute approximate surface area is 88.0 Å². The molecule has 0 aromatic carbocycles. The van der Waals surface area contributed by atoms with E-state index in [4.69, 9.17) is 0 Å². The number of nitrogens with one attached hydrogen (secondary N) is 1. The Kier molecular flexibility index (Phi) is 3.27. The van der Waals surface area contributed by atoms with Gasteiger partial charge in [-0.1, -0.05) is 25.5 Å². The number of allylic oxidation sites excluding steroid dienone is 1. The Bertz CT molecular complexity index is 201. The van der Waals surface area contributed by atoms with Crippen molar-refractivity contribution in [3.8, 4) is 0 Å². The molecule has 0 aromatic heterocycles. The zero-order chi connectivity index (χ0) is 9.97. The average Bonchev–Trinajstić information content (AvgIpc) is 2.55. The lowest BCUT2D eigenvalue weighted by Gasteiger charge is -2.24. The number of hydrogen-bond acceptors (Lipinski definition) is 1. The molecule has 0 spiro atoms. The second kappa shape index (κ2) is 4.48. The first kappa shape index (κ1) is 10.2. The van der Waals surface area contributed by atoms with Crippen LogP contribution in [0.5, 0.6) is 0 Å². The standard InChI is InChI=1S/C13H23N/c1-3-10(4-2)7-11-8-12-5-6-13(9-11)14-12/h7,10,12-14H,3-6,8-9H2,1-2H3. The molecular formula is C13H23N. The van der Waals surface area contributed by atoms with Gasteiger partial charge in [-0.2, -0.15) is 0 Å². The van der Waals surface area contributed by atoms with Gasteiger partial charge in [-0.15, -0.1) is 0 Å². The van der Waals surface area contributed by atoms with E-state index in [9.17, 15) is 0 Å². The molecule has 2 bridgehead atoms. The van der Waals surface area contributed by atoms with Crippen LogP contribution in [-0.4, -0.2) is 12.1 Å². The molecule has 1 N–H and O–H groups in total. The van der Waals surface area contributed by atoms with Crippen LogP contribution in [0, 0.1) is 5.92 Å². The highest BCUT2D eigenvalue weighted by molar-refractivity contribution is 5.14. The highest BCUT2D eigenvalue weighted by Gasteiger charge is 2.30. The van der Waals surface area contributed by atoms with Gasteiger partial charge in [0.25, 0.3) is 0 Å². The number of piperidine rings is 1. The Morgan fingerprint density at radius 1 is 1.21 bits per heavy atom. The van der Waals surface area contributed by atoms with Gasteiger partial charge in [-0.05, 0) is 44.4 Å². The van der Waals surface area contributed by atoms with Crippen LogP contribution in [0.3, 0.4) is 0 Å². The van der Waals surface area contributed by atoms with Crippen molar-refractivity contribution in [2.24, 2.45) is 5.92 Å². The molecule has 2 aliphatic rings. The molecule has 80 valence electrons. The third-order valence-electron chi connectivity index (χ3n) is 3.87. The predicted octanol–water partition coefficient (Wildman–Crippen LogP) is 3.26. The van der Waals surface area contributed by atoms with Gasteiger partial charge in [0, 0.05) is 12.1 Å². The summed E-state index contributed by atoms with van der Waals surface area (Å²) < 4.78 is 0. The minimum Gasteiger partial charge on any atom is -0.311 e. The van der Waals surface area contributed by atoms with Gasteiger partial charge in [-0.25, -0.2) is 0 Å². The normalized spacial score (nSPS) is 31.2. The van der Waals surface area contributed by atoms with E-state index in [1.165, 1.54) is 38.5 Å². The summed E-state index contributed by atoms with van der Waals surface area (Å²) in [5.41, 5.74) is 1.74. The number of rotatable bonds is 3. The van der Waals surface area contributed by atoms with Crippen LogP contribution >= 0.6 is 0 Å². The fourth-order valence-electron chi connectivity index (χ4n) is 2.93. The monoisotopic (exact) mass is 193 g/mol. The van der Waals surface area contributed by atoms with Crippen molar-refractivity contribution in [2.75, 3.05) is 0 Å². The summed E-state index contributed by atoms with van der Waals surface area (Å²) in [5, 5.41) is 3.69. The second-order valence-electron chi connectivity index (χ2n) is 4.95. The number of hydrogen-bond donors (Lipinski definition) is 1. The minimum atomic E-state index is 0.814. The van der Waals surface area contributed by atoms with Crippen LogP contribution in [-0.2, 0) is 0 Å². The summed E-state index contributed by atoms with van der Waals surface area (Å²) >= 11 is 0. The third-order valence-corrected chi connectivity index (χ3v) is 3.87. The molecule has 2 rings (SSSR count). The van der Waals surface area contributed by atoms with Gasteiger partial charge in [0.1, 0.15) is 0 Å². The third kappa shape index (κ3) is 2.20. The summed E-state index contributed by atoms with van der Waals surface area (Å²) in [6.07, 6.45) is 10.7. The van der Waals surface area contributed by atoms with Crippen molar-refractivity contribution in [2.45, 2.75) is 64.5 Å². The second-order valence-corrected chi connectivity index (χ2v) is 4.95. The summed E-state index contributed by atoms with van der Waals surface area (Å²) in [4.78, 5) is 0. The average molecular weight is 193 g/mol. The van der Waals surface area contributed by atoms with E-state index in [2.05, 4.69) is 25.2 Å². The molecular weight excluding hydrogens is 170 g/mol. The van der Waals surface area contributed by atoms with Crippen molar-refractivity contribution in [1.82, 2.24) is 5.32 Å². The molecule has 1 nitrogen and oxygen atoms in total. The topological polar surface area (TPSA) is 12.0 Å². The zero-order valence-corrected chi connectivity index (χ0v) is 9.55. The van der Waals surface area contributed by atoms with Crippen LogP contribution in [0.15, 0.2) is 11.6 Å². The van der Waals surface area contributed by atoms with Crippen LogP contribution in [0.2, 0.25) is 0 Å². The Balaban J connectivity index is 1.97. The predicted molar refractivity (Wildman–Crippen MR) is 61.3 cm³/mol. The lowest BCUT2D eigenvalue weighted by atomic mass is 9.92. The molecule has 2 atom stereocenters. The largest absolute Gasteiger partial charge is 0.311 e. The van der Waals surface area contributed by atoms with E-state index >= 15 is 0 Å². The van der Waals surface area contributed by atoms with Gasteiger partial charge >= 0.3 is 0 Å². The smallest absolute Gasteiger partial charge is 0.0107 e. The van der Waals surface area contributed by atoms with E-state index in [0.29, 0.717) is 0 Å². The lowest BCUT2D eigenvalue weighted by Crippen LogP contribution is -2.34. The molecule has 1 heteroatoms. The van der Waals surface area contributed by atoms with Crippen LogP contribution < -0.4 is 5.32 Å². The summed E-state index contributed by atoms with van der Waals surface area (Å²) in [6.45, 7) is 4.61. The van der Waals surface area contributed by atoms with Gasteiger partial charge in [0.05, 0.1) is 0 Å². The summed E-state index contributed by atoms with van der Waals surface area (Å²) in [5.74, 6) is 0.836. The lowest BCUT2D eigenvalue weighted by molar-refractivity contribution is 0.466. The molecule has 14 heavy (non-hydrogen) atoms. The minimum absolute atomic E-state index is 0.814. The van der Waals surface area contributed by atoms with Crippen LogP contribution in [0.1, 0.15) is 52.4 Å². The highest BCUT2D eigenvalue weighted by Crippen LogP contribution is 2.31. The van der Waals surface area contributed by atoms with Crippen molar-refractivity contribution in [3.63, 3.8) is 0 Å². The van der Waals surface area contributed by atoms with Crippen molar-refractivity contribution >= 4 is 0 Å². The Hall–Kier alpha value is -0.300. The van der Waals surface area contributed by atoms with Crippen molar-refractivity contribution < 1.29 is 0 Å². The van der Waals surface area contributed by atoms with Crippen molar-refractivity contribution in [1.29, 1.82) is 0 Å². The molecule has 2 saturated heterocycles. The molecule has 2 unspecified atom stereocenters. The number of fused-ring (bicyclic) bond motifs is 2. The molecule has 2 heterocycles. The summed E-state index contributed by atoms with van der Waals surface area (Å²) in [6, 6.07) is 1.63. The molecule has 0 aliphatic carbocycles. The molecule has 0 aromatic rings. The van der Waals surface area contributed by atoms with E-state index in [1.54, 1.807) is 5.57 Å². The molecule has 2 aliphatic heterocycles. The van der Waals surface area contributed by atoms with Gasteiger partial charge in [-0.3, -0.25) is 0 Å². The maximum atomic E-state index is 3.69.